The van der Waals surface area contributed by atoms with Crippen LogP contribution in [-0.2, 0) is 0 Å². The molecule has 1 aromatic rings. The molecule has 14 heavy (non-hydrogen) atoms. The molecule has 0 aromatic heterocycles. The second-order valence-corrected chi connectivity index (χ2v) is 3.52. The number of aryl methyl sites for hydroxylation is 1. The molecular weight excluding hydrogens is 186 g/mol. The summed E-state index contributed by atoms with van der Waals surface area (Å²) in [5.41, 5.74) is 1.50. The fraction of sp³-hybridized carbons (Fsp3) is 0.455. The molecule has 0 bridgehead atoms. The van der Waals surface area contributed by atoms with Crippen LogP contribution in [0.1, 0.15) is 36.0 Å². The normalized spacial score (nSPS) is 13.3. The largest absolute Gasteiger partial charge is 0.396 e. The van der Waals surface area contributed by atoms with Crippen molar-refractivity contribution in [3.8, 4) is 0 Å². The van der Waals surface area contributed by atoms with Crippen molar-refractivity contribution in [1.29, 1.82) is 0 Å². The Bertz CT molecular complexity index is 310. The minimum Gasteiger partial charge on any atom is -0.396 e. The molecule has 0 saturated heterocycles. The van der Waals surface area contributed by atoms with Crippen LogP contribution < -0.4 is 0 Å². The lowest BCUT2D eigenvalue weighted by Gasteiger charge is -2.14. The average molecular weight is 200 g/mol. The number of aliphatic hydroxyl groups excluding tert-OH is 1. The van der Waals surface area contributed by atoms with Gasteiger partial charge >= 0.3 is 0 Å². The van der Waals surface area contributed by atoms with Gasteiger partial charge in [0.05, 0.1) is 0 Å². The molecule has 0 amide bonds. The van der Waals surface area contributed by atoms with Gasteiger partial charge in [-0.15, -0.1) is 0 Å². The Hall–Kier alpha value is -0.960. The van der Waals surface area contributed by atoms with E-state index in [2.05, 4.69) is 0 Å². The van der Waals surface area contributed by atoms with Gasteiger partial charge in [-0.05, 0) is 12.5 Å². The standard InChI is InChI=1S/C11H14F2O/c1-7-3-4-9(11(12)13)10(5-7)8(2)6-14/h3-5,8,11,14H,6H2,1-2H3. The lowest BCUT2D eigenvalue weighted by atomic mass is 9.95. The molecule has 1 aromatic carbocycles. The number of rotatable bonds is 3. The quantitative estimate of drug-likeness (QED) is 0.795. The fourth-order valence-corrected chi connectivity index (χ4v) is 1.42. The molecule has 0 aliphatic carbocycles. The summed E-state index contributed by atoms with van der Waals surface area (Å²) < 4.78 is 25.1. The molecule has 1 nitrogen and oxygen atoms in total. The van der Waals surface area contributed by atoms with Gasteiger partial charge in [0.25, 0.3) is 6.43 Å². The van der Waals surface area contributed by atoms with Crippen LogP contribution in [0.3, 0.4) is 0 Å². The average Bonchev–Trinajstić information content (AvgIpc) is 2.16. The maximum absolute atomic E-state index is 12.6. The van der Waals surface area contributed by atoms with Crippen LogP contribution in [0, 0.1) is 6.92 Å². The van der Waals surface area contributed by atoms with E-state index in [1.807, 2.05) is 6.92 Å². The summed E-state index contributed by atoms with van der Waals surface area (Å²) in [5, 5.41) is 8.94. The van der Waals surface area contributed by atoms with E-state index in [4.69, 9.17) is 5.11 Å². The van der Waals surface area contributed by atoms with Gasteiger partial charge in [-0.25, -0.2) is 8.78 Å². The highest BCUT2D eigenvalue weighted by Gasteiger charge is 2.16. The van der Waals surface area contributed by atoms with Gasteiger partial charge in [-0.2, -0.15) is 0 Å². The zero-order chi connectivity index (χ0) is 10.7. The second kappa shape index (κ2) is 4.51. The van der Waals surface area contributed by atoms with Crippen molar-refractivity contribution in [2.75, 3.05) is 6.61 Å². The van der Waals surface area contributed by atoms with E-state index in [9.17, 15) is 8.78 Å². The summed E-state index contributed by atoms with van der Waals surface area (Å²) in [5.74, 6) is -0.237. The summed E-state index contributed by atoms with van der Waals surface area (Å²) in [4.78, 5) is 0. The molecule has 1 N–H and O–H groups in total. The number of alkyl halides is 2. The highest BCUT2D eigenvalue weighted by atomic mass is 19.3. The van der Waals surface area contributed by atoms with Gasteiger partial charge in [-0.1, -0.05) is 30.7 Å². The molecule has 1 atom stereocenters. The SMILES string of the molecule is Cc1ccc(C(F)F)c(C(C)CO)c1. The first-order valence-corrected chi connectivity index (χ1v) is 4.55. The third-order valence-corrected chi connectivity index (χ3v) is 2.28. The molecule has 1 unspecified atom stereocenters. The highest BCUT2D eigenvalue weighted by molar-refractivity contribution is 5.34. The van der Waals surface area contributed by atoms with Gasteiger partial charge < -0.3 is 5.11 Å². The van der Waals surface area contributed by atoms with Crippen molar-refractivity contribution in [2.24, 2.45) is 0 Å². The van der Waals surface area contributed by atoms with E-state index < -0.39 is 6.43 Å². The predicted octanol–water partition coefficient (Wildman–Crippen LogP) is 3.03. The lowest BCUT2D eigenvalue weighted by Crippen LogP contribution is -2.04. The van der Waals surface area contributed by atoms with Gasteiger partial charge in [0.1, 0.15) is 0 Å². The van der Waals surface area contributed by atoms with Crippen LogP contribution in [0.5, 0.6) is 0 Å². The van der Waals surface area contributed by atoms with E-state index >= 15 is 0 Å². The zero-order valence-corrected chi connectivity index (χ0v) is 8.30. The number of hydrogen-bond acceptors (Lipinski definition) is 1. The molecule has 78 valence electrons. The molecule has 0 heterocycles. The van der Waals surface area contributed by atoms with E-state index in [1.54, 1.807) is 19.1 Å². The smallest absolute Gasteiger partial charge is 0.264 e. The fourth-order valence-electron chi connectivity index (χ4n) is 1.42. The van der Waals surface area contributed by atoms with Crippen LogP contribution in [0.4, 0.5) is 8.78 Å². The monoisotopic (exact) mass is 200 g/mol. The summed E-state index contributed by atoms with van der Waals surface area (Å²) in [6.07, 6.45) is -2.47. The zero-order valence-electron chi connectivity index (χ0n) is 8.30. The molecule has 0 aliphatic heterocycles. The molecule has 1 rings (SSSR count). The van der Waals surface area contributed by atoms with Crippen molar-refractivity contribution < 1.29 is 13.9 Å². The van der Waals surface area contributed by atoms with Crippen LogP contribution in [0.25, 0.3) is 0 Å². The molecule has 0 aliphatic rings. The minimum atomic E-state index is -2.47. The van der Waals surface area contributed by atoms with Crippen molar-refractivity contribution in [3.63, 3.8) is 0 Å². The minimum absolute atomic E-state index is 0.0251. The Morgan fingerprint density at radius 3 is 2.43 bits per heavy atom. The van der Waals surface area contributed by atoms with Crippen LogP contribution in [-0.4, -0.2) is 11.7 Å². The van der Waals surface area contributed by atoms with Crippen LogP contribution in [0.15, 0.2) is 18.2 Å². The third-order valence-electron chi connectivity index (χ3n) is 2.28. The van der Waals surface area contributed by atoms with E-state index in [1.165, 1.54) is 6.07 Å². The second-order valence-electron chi connectivity index (χ2n) is 3.52. The molecule has 0 fully saturated rings. The Kier molecular flexibility index (Phi) is 3.58. The van der Waals surface area contributed by atoms with Gasteiger partial charge in [0.2, 0.25) is 0 Å². The first-order chi connectivity index (χ1) is 6.56. The van der Waals surface area contributed by atoms with Crippen molar-refractivity contribution in [2.45, 2.75) is 26.2 Å². The van der Waals surface area contributed by atoms with Crippen LogP contribution >= 0.6 is 0 Å². The first-order valence-electron chi connectivity index (χ1n) is 4.55. The Balaban J connectivity index is 3.15. The Morgan fingerprint density at radius 1 is 1.29 bits per heavy atom. The molecule has 0 radical (unpaired) electrons. The van der Waals surface area contributed by atoms with E-state index in [0.29, 0.717) is 5.56 Å². The van der Waals surface area contributed by atoms with Crippen molar-refractivity contribution >= 4 is 0 Å². The maximum atomic E-state index is 12.6. The summed E-state index contributed by atoms with van der Waals surface area (Å²) in [6, 6.07) is 4.80. The van der Waals surface area contributed by atoms with E-state index in [0.717, 1.165) is 5.56 Å². The lowest BCUT2D eigenvalue weighted by molar-refractivity contribution is 0.149. The topological polar surface area (TPSA) is 20.2 Å². The Morgan fingerprint density at radius 2 is 1.93 bits per heavy atom. The molecular formula is C11H14F2O. The number of hydrogen-bond donors (Lipinski definition) is 1. The summed E-state index contributed by atoms with van der Waals surface area (Å²) in [6.45, 7) is 3.48. The molecule has 3 heteroatoms. The Labute approximate surface area is 82.4 Å². The number of aliphatic hydroxyl groups is 1. The third kappa shape index (κ3) is 2.29. The predicted molar refractivity (Wildman–Crippen MR) is 51.6 cm³/mol. The first kappa shape index (κ1) is 11.1. The van der Waals surface area contributed by atoms with E-state index in [-0.39, 0.29) is 18.1 Å². The van der Waals surface area contributed by atoms with Crippen molar-refractivity contribution in [3.05, 3.63) is 34.9 Å². The summed E-state index contributed by atoms with van der Waals surface area (Å²) >= 11 is 0. The number of halogens is 2. The number of benzene rings is 1. The van der Waals surface area contributed by atoms with Gasteiger partial charge in [-0.3, -0.25) is 0 Å². The molecule has 0 saturated carbocycles. The maximum Gasteiger partial charge on any atom is 0.264 e. The van der Waals surface area contributed by atoms with Gasteiger partial charge in [0, 0.05) is 18.1 Å². The van der Waals surface area contributed by atoms with Crippen molar-refractivity contribution in [1.82, 2.24) is 0 Å². The summed E-state index contributed by atoms with van der Waals surface area (Å²) in [7, 11) is 0. The van der Waals surface area contributed by atoms with Crippen LogP contribution in [0.2, 0.25) is 0 Å². The van der Waals surface area contributed by atoms with Gasteiger partial charge in [0.15, 0.2) is 0 Å². The molecule has 0 spiro atoms. The highest BCUT2D eigenvalue weighted by Crippen LogP contribution is 2.28.